The zero-order chi connectivity index (χ0) is 13.4. The molecule has 1 fully saturated rings. The minimum Gasteiger partial charge on any atom is -0.477 e. The minimum absolute atomic E-state index is 0.204. The van der Waals surface area contributed by atoms with Crippen LogP contribution in [-0.4, -0.2) is 32.7 Å². The summed E-state index contributed by atoms with van der Waals surface area (Å²) < 4.78 is 7.07. The largest absolute Gasteiger partial charge is 0.477 e. The highest BCUT2D eigenvalue weighted by atomic mass is 32.1. The molecule has 0 unspecified atom stereocenters. The second-order valence-corrected chi connectivity index (χ2v) is 5.45. The van der Waals surface area contributed by atoms with E-state index in [2.05, 4.69) is 14.5 Å². The number of ether oxygens (including phenoxy) is 1. The maximum atomic E-state index is 11.2. The van der Waals surface area contributed by atoms with Crippen molar-refractivity contribution in [3.05, 3.63) is 23.1 Å². The maximum absolute atomic E-state index is 11.2. The van der Waals surface area contributed by atoms with E-state index in [-0.39, 0.29) is 11.5 Å². The molecule has 100 valence electrons. The van der Waals surface area contributed by atoms with Gasteiger partial charge in [-0.15, -0.1) is 11.3 Å². The third-order valence-electron chi connectivity index (χ3n) is 3.00. The first kappa shape index (κ1) is 12.3. The molecule has 2 aromatic heterocycles. The molecule has 6 nitrogen and oxygen atoms in total. The third-order valence-corrected chi connectivity index (χ3v) is 4.11. The van der Waals surface area contributed by atoms with Crippen molar-refractivity contribution >= 4 is 17.3 Å². The second-order valence-electron chi connectivity index (χ2n) is 4.45. The van der Waals surface area contributed by atoms with Crippen molar-refractivity contribution in [2.24, 2.45) is 0 Å². The molecule has 7 heteroatoms. The fraction of sp³-hybridized carbons (Fsp3) is 0.417. The number of carbonyl (C=O) groups is 1. The Morgan fingerprint density at radius 3 is 3.05 bits per heavy atom. The highest BCUT2D eigenvalue weighted by molar-refractivity contribution is 7.17. The lowest BCUT2D eigenvalue weighted by Gasteiger charge is -2.02. The van der Waals surface area contributed by atoms with E-state index in [1.165, 1.54) is 18.4 Å². The predicted molar refractivity (Wildman–Crippen MR) is 69.3 cm³/mol. The smallest absolute Gasteiger partial charge is 0.347 e. The Labute approximate surface area is 113 Å². The first-order valence-electron chi connectivity index (χ1n) is 5.95. The number of hydrogen-bond acceptors (Lipinski definition) is 5. The lowest BCUT2D eigenvalue weighted by molar-refractivity contribution is 0.0697. The molecular weight excluding hydrogens is 266 g/mol. The molecule has 1 aliphatic carbocycles. The van der Waals surface area contributed by atoms with Crippen molar-refractivity contribution < 1.29 is 14.6 Å². The molecule has 0 amide bonds. The summed E-state index contributed by atoms with van der Waals surface area (Å²) in [5.41, 5.74) is 1.36. The van der Waals surface area contributed by atoms with Gasteiger partial charge in [-0.2, -0.15) is 0 Å². The molecule has 2 heterocycles. The molecule has 0 spiro atoms. The van der Waals surface area contributed by atoms with Crippen LogP contribution in [-0.2, 0) is 11.3 Å². The van der Waals surface area contributed by atoms with Crippen molar-refractivity contribution in [1.29, 1.82) is 0 Å². The van der Waals surface area contributed by atoms with Crippen molar-refractivity contribution in [3.63, 3.8) is 0 Å². The van der Waals surface area contributed by atoms with Crippen LogP contribution in [0, 0.1) is 0 Å². The Hall–Kier alpha value is -1.73. The molecule has 19 heavy (non-hydrogen) atoms. The Morgan fingerprint density at radius 1 is 1.63 bits per heavy atom. The van der Waals surface area contributed by atoms with Gasteiger partial charge in [0.1, 0.15) is 9.88 Å². The van der Waals surface area contributed by atoms with Gasteiger partial charge in [-0.25, -0.2) is 14.8 Å². The second kappa shape index (κ2) is 4.75. The lowest BCUT2D eigenvalue weighted by atomic mass is 10.4. The zero-order valence-electron chi connectivity index (χ0n) is 10.4. The average Bonchev–Trinajstić information content (AvgIpc) is 2.95. The first-order chi connectivity index (χ1) is 9.20. The molecule has 0 radical (unpaired) electrons. The fourth-order valence-electron chi connectivity index (χ4n) is 1.98. The number of rotatable bonds is 5. The number of hydrogen-bond donors (Lipinski definition) is 1. The fourth-order valence-corrected chi connectivity index (χ4v) is 2.90. The van der Waals surface area contributed by atoms with Crippen molar-refractivity contribution in [2.75, 3.05) is 7.11 Å². The van der Waals surface area contributed by atoms with Gasteiger partial charge in [-0.05, 0) is 12.8 Å². The summed E-state index contributed by atoms with van der Waals surface area (Å²) in [5.74, 6) is -0.965. The molecule has 0 saturated heterocycles. The molecule has 0 aromatic carbocycles. The van der Waals surface area contributed by atoms with Crippen LogP contribution in [0.4, 0.5) is 0 Å². The molecular formula is C12H13N3O3S. The molecule has 3 rings (SSSR count). The van der Waals surface area contributed by atoms with Crippen LogP contribution in [0.5, 0.6) is 0 Å². The number of thiazole rings is 1. The lowest BCUT2D eigenvalue weighted by Crippen LogP contribution is -1.99. The van der Waals surface area contributed by atoms with Gasteiger partial charge in [-0.3, -0.25) is 0 Å². The van der Waals surface area contributed by atoms with E-state index in [9.17, 15) is 9.90 Å². The van der Waals surface area contributed by atoms with E-state index < -0.39 is 5.97 Å². The molecule has 0 aliphatic heterocycles. The van der Waals surface area contributed by atoms with Crippen LogP contribution in [0.1, 0.15) is 34.2 Å². The molecule has 0 bridgehead atoms. The third kappa shape index (κ3) is 2.26. The molecule has 2 aromatic rings. The number of nitrogens with zero attached hydrogens (tertiary/aromatic N) is 3. The Kier molecular flexibility index (Phi) is 3.08. The van der Waals surface area contributed by atoms with E-state index in [4.69, 9.17) is 4.74 Å². The average molecular weight is 279 g/mol. The number of methoxy groups -OCH3 is 1. The SMILES string of the molecule is COCc1nc(-c2cncn2C2CC2)sc1C(=O)O. The highest BCUT2D eigenvalue weighted by Crippen LogP contribution is 2.39. The highest BCUT2D eigenvalue weighted by Gasteiger charge is 2.27. The molecule has 0 atom stereocenters. The van der Waals surface area contributed by atoms with Gasteiger partial charge >= 0.3 is 5.97 Å². The van der Waals surface area contributed by atoms with Crippen molar-refractivity contribution in [2.45, 2.75) is 25.5 Å². The number of aromatic nitrogens is 3. The summed E-state index contributed by atoms with van der Waals surface area (Å²) in [7, 11) is 1.53. The van der Waals surface area contributed by atoms with Crippen molar-refractivity contribution in [3.8, 4) is 10.7 Å². The van der Waals surface area contributed by atoms with E-state index in [1.807, 2.05) is 0 Å². The summed E-state index contributed by atoms with van der Waals surface area (Å²) in [4.78, 5) is 20.0. The van der Waals surface area contributed by atoms with Crippen molar-refractivity contribution in [1.82, 2.24) is 14.5 Å². The summed E-state index contributed by atoms with van der Waals surface area (Å²) in [6, 6.07) is 0.487. The van der Waals surface area contributed by atoms with Crippen LogP contribution in [0.25, 0.3) is 10.7 Å². The van der Waals surface area contributed by atoms with Gasteiger partial charge in [0.25, 0.3) is 0 Å². The quantitative estimate of drug-likeness (QED) is 0.907. The number of aromatic carboxylic acids is 1. The van der Waals surface area contributed by atoms with E-state index >= 15 is 0 Å². The molecule has 1 aliphatic rings. The van der Waals surface area contributed by atoms with Gasteiger partial charge in [0.05, 0.1) is 30.5 Å². The number of carboxylic acids is 1. The van der Waals surface area contributed by atoms with Crippen LogP contribution < -0.4 is 0 Å². The zero-order valence-corrected chi connectivity index (χ0v) is 11.2. The number of imidazole rings is 1. The van der Waals surface area contributed by atoms with E-state index in [0.29, 0.717) is 16.7 Å². The van der Waals surface area contributed by atoms with Crippen LogP contribution >= 0.6 is 11.3 Å². The molecule has 1 N–H and O–H groups in total. The van der Waals surface area contributed by atoms with Gasteiger partial charge in [-0.1, -0.05) is 0 Å². The van der Waals surface area contributed by atoms with Gasteiger partial charge in [0, 0.05) is 13.2 Å². The van der Waals surface area contributed by atoms with E-state index in [1.54, 1.807) is 12.5 Å². The molecule has 1 saturated carbocycles. The van der Waals surface area contributed by atoms with Gasteiger partial charge < -0.3 is 14.4 Å². The predicted octanol–water partition coefficient (Wildman–Crippen LogP) is 2.19. The summed E-state index contributed by atoms with van der Waals surface area (Å²) in [6.07, 6.45) is 5.81. The normalized spacial score (nSPS) is 14.8. The monoisotopic (exact) mass is 279 g/mol. The maximum Gasteiger partial charge on any atom is 0.347 e. The summed E-state index contributed by atoms with van der Waals surface area (Å²) in [5, 5.41) is 9.88. The summed E-state index contributed by atoms with van der Waals surface area (Å²) in [6.45, 7) is 0.204. The van der Waals surface area contributed by atoms with Crippen LogP contribution in [0.3, 0.4) is 0 Å². The Morgan fingerprint density at radius 2 is 2.42 bits per heavy atom. The minimum atomic E-state index is -0.965. The topological polar surface area (TPSA) is 77.2 Å². The first-order valence-corrected chi connectivity index (χ1v) is 6.76. The standard InChI is InChI=1S/C12H13N3O3S/c1-18-5-8-10(12(16)17)19-11(14-8)9-4-13-6-15(9)7-2-3-7/h4,6-7H,2-3,5H2,1H3,(H,16,17). The van der Waals surface area contributed by atoms with Crippen LogP contribution in [0.15, 0.2) is 12.5 Å². The van der Waals surface area contributed by atoms with E-state index in [0.717, 1.165) is 18.5 Å². The number of carboxylic acid groups (broad SMARTS) is 1. The van der Waals surface area contributed by atoms with Crippen LogP contribution in [0.2, 0.25) is 0 Å². The Balaban J connectivity index is 2.02. The van der Waals surface area contributed by atoms with Gasteiger partial charge in [0.15, 0.2) is 0 Å². The Bertz CT molecular complexity index is 616. The van der Waals surface area contributed by atoms with Gasteiger partial charge in [0.2, 0.25) is 0 Å². The summed E-state index contributed by atoms with van der Waals surface area (Å²) >= 11 is 1.17.